The molecule has 4 nitrogen and oxygen atoms in total. The first-order chi connectivity index (χ1) is 24.2. The van der Waals surface area contributed by atoms with Gasteiger partial charge < -0.3 is 15.5 Å². The number of nitrogens with one attached hydrogen (secondary N) is 1. The van der Waals surface area contributed by atoms with Crippen LogP contribution in [0.25, 0.3) is 0 Å². The van der Waals surface area contributed by atoms with Crippen molar-refractivity contribution >= 4 is 5.91 Å². The Morgan fingerprint density at radius 2 is 0.796 bits per heavy atom. The lowest BCUT2D eigenvalue weighted by Gasteiger charge is -2.19. The third-order valence-corrected chi connectivity index (χ3v) is 9.85. The van der Waals surface area contributed by atoms with Crippen molar-refractivity contribution in [2.75, 3.05) is 6.61 Å². The zero-order valence-electron chi connectivity index (χ0n) is 33.0. The van der Waals surface area contributed by atoms with E-state index in [1.54, 1.807) is 6.08 Å². The van der Waals surface area contributed by atoms with Crippen LogP contribution in [0.3, 0.4) is 0 Å². The first kappa shape index (κ1) is 47.6. The molecule has 0 saturated heterocycles. The Kier molecular flexibility index (Phi) is 39.9. The maximum atomic E-state index is 12.4. The minimum atomic E-state index is -0.861. The SMILES string of the molecule is CCCCCCCC/C=C\CCCCCCCCCCCC(=O)NC(CO)C(O)/C=C/CC/C=C/CCCCCCCCCCCCCC. The Morgan fingerprint density at radius 3 is 1.18 bits per heavy atom. The van der Waals surface area contributed by atoms with Gasteiger partial charge >= 0.3 is 0 Å². The molecule has 0 radical (unpaired) electrons. The molecule has 0 aromatic heterocycles. The number of aliphatic hydroxyl groups is 2. The average molecular weight is 688 g/mol. The lowest BCUT2D eigenvalue weighted by Crippen LogP contribution is -2.45. The molecular weight excluding hydrogens is 602 g/mol. The van der Waals surface area contributed by atoms with Gasteiger partial charge in [-0.25, -0.2) is 0 Å². The Hall–Kier alpha value is -1.39. The van der Waals surface area contributed by atoms with Crippen molar-refractivity contribution in [3.05, 3.63) is 36.5 Å². The molecular formula is C45H85NO3. The highest BCUT2D eigenvalue weighted by Gasteiger charge is 2.17. The molecule has 0 fully saturated rings. The summed E-state index contributed by atoms with van der Waals surface area (Å²) in [4.78, 5) is 12.4. The standard InChI is InChI=1S/C45H85NO3/c1-3-5-7-9-11-13-15-17-19-21-23-25-27-29-31-33-35-37-39-41-45(49)46-43(42-47)44(48)40-38-36-34-32-30-28-26-24-22-20-18-16-14-12-10-8-6-4-2/h17,19,30,32,38,40,43-44,47-48H,3-16,18,20-29,31,33-37,39,41-42H2,1-2H3,(H,46,49)/b19-17-,32-30+,40-38+. The van der Waals surface area contributed by atoms with E-state index in [0.29, 0.717) is 6.42 Å². The van der Waals surface area contributed by atoms with E-state index in [0.717, 1.165) is 32.1 Å². The Bertz CT molecular complexity index is 746. The molecule has 0 aromatic rings. The molecule has 0 aliphatic rings. The van der Waals surface area contributed by atoms with Crippen LogP contribution >= 0.6 is 0 Å². The molecule has 0 aliphatic heterocycles. The van der Waals surface area contributed by atoms with E-state index in [2.05, 4.69) is 43.5 Å². The van der Waals surface area contributed by atoms with Crippen molar-refractivity contribution in [2.24, 2.45) is 0 Å². The lowest BCUT2D eigenvalue weighted by atomic mass is 10.0. The van der Waals surface area contributed by atoms with Crippen LogP contribution in [0.1, 0.15) is 226 Å². The smallest absolute Gasteiger partial charge is 0.220 e. The molecule has 0 rings (SSSR count). The van der Waals surface area contributed by atoms with Crippen molar-refractivity contribution in [3.63, 3.8) is 0 Å². The maximum Gasteiger partial charge on any atom is 0.220 e. The maximum absolute atomic E-state index is 12.4. The highest BCUT2D eigenvalue weighted by atomic mass is 16.3. The first-order valence-corrected chi connectivity index (χ1v) is 21.7. The molecule has 1 amide bonds. The number of hydrogen-bond acceptors (Lipinski definition) is 3. The van der Waals surface area contributed by atoms with Gasteiger partial charge in [0.15, 0.2) is 0 Å². The first-order valence-electron chi connectivity index (χ1n) is 21.7. The fourth-order valence-electron chi connectivity index (χ4n) is 6.48. The summed E-state index contributed by atoms with van der Waals surface area (Å²) >= 11 is 0. The van der Waals surface area contributed by atoms with Crippen molar-refractivity contribution < 1.29 is 15.0 Å². The fraction of sp³-hybridized carbons (Fsp3) is 0.844. The number of hydrogen-bond donors (Lipinski definition) is 3. The van der Waals surface area contributed by atoms with E-state index in [4.69, 9.17) is 0 Å². The van der Waals surface area contributed by atoms with E-state index in [9.17, 15) is 15.0 Å². The van der Waals surface area contributed by atoms with Gasteiger partial charge in [0.1, 0.15) is 0 Å². The fourth-order valence-corrected chi connectivity index (χ4v) is 6.48. The molecule has 0 heterocycles. The van der Waals surface area contributed by atoms with Crippen LogP contribution in [-0.4, -0.2) is 34.9 Å². The summed E-state index contributed by atoms with van der Waals surface area (Å²) in [5.41, 5.74) is 0. The van der Waals surface area contributed by atoms with Gasteiger partial charge in [0.05, 0.1) is 18.8 Å². The summed E-state index contributed by atoms with van der Waals surface area (Å²) in [6.07, 6.45) is 53.9. The highest BCUT2D eigenvalue weighted by molar-refractivity contribution is 5.76. The van der Waals surface area contributed by atoms with Crippen molar-refractivity contribution in [1.82, 2.24) is 5.32 Å². The molecule has 288 valence electrons. The second kappa shape index (κ2) is 41.0. The minimum absolute atomic E-state index is 0.0757. The van der Waals surface area contributed by atoms with Gasteiger partial charge in [-0.05, 0) is 57.8 Å². The molecule has 0 aromatic carbocycles. The van der Waals surface area contributed by atoms with Gasteiger partial charge in [0, 0.05) is 6.42 Å². The molecule has 2 unspecified atom stereocenters. The van der Waals surface area contributed by atoms with E-state index in [1.165, 1.54) is 173 Å². The minimum Gasteiger partial charge on any atom is -0.394 e. The number of aliphatic hydroxyl groups excluding tert-OH is 2. The molecule has 0 aliphatic carbocycles. The van der Waals surface area contributed by atoms with Crippen LogP contribution in [0.4, 0.5) is 0 Å². The summed E-state index contributed by atoms with van der Waals surface area (Å²) in [6, 6.07) is -0.638. The molecule has 2 atom stereocenters. The number of allylic oxidation sites excluding steroid dienone is 5. The van der Waals surface area contributed by atoms with Crippen LogP contribution in [-0.2, 0) is 4.79 Å². The van der Waals surface area contributed by atoms with Gasteiger partial charge in [-0.3, -0.25) is 4.79 Å². The predicted octanol–water partition coefficient (Wildman–Crippen LogP) is 13.4. The van der Waals surface area contributed by atoms with Crippen LogP contribution in [0.2, 0.25) is 0 Å². The predicted molar refractivity (Wildman–Crippen MR) is 216 cm³/mol. The molecule has 0 spiro atoms. The van der Waals surface area contributed by atoms with E-state index in [-0.39, 0.29) is 12.5 Å². The van der Waals surface area contributed by atoms with Crippen molar-refractivity contribution in [3.8, 4) is 0 Å². The van der Waals surface area contributed by atoms with Gasteiger partial charge in [0.2, 0.25) is 5.91 Å². The number of carbonyl (C=O) groups excluding carboxylic acids is 1. The quantitative estimate of drug-likeness (QED) is 0.0445. The number of rotatable bonds is 39. The van der Waals surface area contributed by atoms with E-state index in [1.807, 2.05) is 6.08 Å². The number of carbonyl (C=O) groups is 1. The molecule has 4 heteroatoms. The third-order valence-electron chi connectivity index (χ3n) is 9.85. The van der Waals surface area contributed by atoms with Gasteiger partial charge in [-0.2, -0.15) is 0 Å². The number of unbranched alkanes of at least 4 members (excludes halogenated alkanes) is 28. The zero-order chi connectivity index (χ0) is 35.7. The molecule has 0 saturated carbocycles. The van der Waals surface area contributed by atoms with Crippen LogP contribution < -0.4 is 5.32 Å². The summed E-state index contributed by atoms with van der Waals surface area (Å²) in [6.45, 7) is 4.30. The van der Waals surface area contributed by atoms with Crippen LogP contribution in [0.15, 0.2) is 36.5 Å². The Balaban J connectivity index is 3.61. The van der Waals surface area contributed by atoms with E-state index >= 15 is 0 Å². The molecule has 0 bridgehead atoms. The van der Waals surface area contributed by atoms with Gasteiger partial charge in [-0.15, -0.1) is 0 Å². The molecule has 49 heavy (non-hydrogen) atoms. The largest absolute Gasteiger partial charge is 0.394 e. The second-order valence-corrected chi connectivity index (χ2v) is 14.8. The second-order valence-electron chi connectivity index (χ2n) is 14.8. The average Bonchev–Trinajstić information content (AvgIpc) is 3.10. The van der Waals surface area contributed by atoms with Crippen LogP contribution in [0.5, 0.6) is 0 Å². The summed E-state index contributed by atoms with van der Waals surface area (Å²) in [5, 5.41) is 23.0. The lowest BCUT2D eigenvalue weighted by molar-refractivity contribution is -0.123. The topological polar surface area (TPSA) is 69.6 Å². The highest BCUT2D eigenvalue weighted by Crippen LogP contribution is 2.14. The summed E-state index contributed by atoms with van der Waals surface area (Å²) < 4.78 is 0. The Morgan fingerprint density at radius 1 is 0.469 bits per heavy atom. The third kappa shape index (κ3) is 37.7. The van der Waals surface area contributed by atoms with Gasteiger partial charge in [-0.1, -0.05) is 198 Å². The summed E-state index contributed by atoms with van der Waals surface area (Å²) in [5.74, 6) is -0.0757. The molecule has 3 N–H and O–H groups in total. The van der Waals surface area contributed by atoms with Crippen molar-refractivity contribution in [1.29, 1.82) is 0 Å². The van der Waals surface area contributed by atoms with Crippen LogP contribution in [0, 0.1) is 0 Å². The van der Waals surface area contributed by atoms with Gasteiger partial charge in [0.25, 0.3) is 0 Å². The van der Waals surface area contributed by atoms with E-state index < -0.39 is 12.1 Å². The zero-order valence-corrected chi connectivity index (χ0v) is 33.0. The number of amides is 1. The van der Waals surface area contributed by atoms with Crippen molar-refractivity contribution in [2.45, 2.75) is 238 Å². The monoisotopic (exact) mass is 688 g/mol. The normalized spacial score (nSPS) is 13.3. The Labute approximate surface area is 306 Å². The summed E-state index contributed by atoms with van der Waals surface area (Å²) in [7, 11) is 0.